The van der Waals surface area contributed by atoms with E-state index >= 15 is 0 Å². The van der Waals surface area contributed by atoms with Gasteiger partial charge in [-0.15, -0.1) is 9.81 Å². The monoisotopic (exact) mass is 204 g/mol. The third-order valence-corrected chi connectivity index (χ3v) is 1.56. The van der Waals surface area contributed by atoms with Gasteiger partial charge in [-0.3, -0.25) is 22.5 Å². The molecule has 0 atom stereocenters. The summed E-state index contributed by atoms with van der Waals surface area (Å²) in [6, 6.07) is 0. The van der Waals surface area contributed by atoms with Crippen LogP contribution in [0, 0.1) is 9.81 Å². The fraction of sp³-hybridized carbons (Fsp3) is 1.00. The van der Waals surface area contributed by atoms with E-state index in [4.69, 9.17) is 17.2 Å². The second-order valence-corrected chi connectivity index (χ2v) is 3.05. The van der Waals surface area contributed by atoms with E-state index < -0.39 is 12.1 Å². The molecule has 0 aliphatic carbocycles. The molecule has 0 heterocycles. The van der Waals surface area contributed by atoms with Gasteiger partial charge in [0, 0.05) is 0 Å². The van der Waals surface area contributed by atoms with Crippen molar-refractivity contribution in [1.82, 2.24) is 5.32 Å². The number of nitrogens with two attached hydrogens (primary N) is 3. The topological polar surface area (TPSA) is 149 Å². The van der Waals surface area contributed by atoms with Crippen molar-refractivity contribution >= 4 is 0 Å². The molecule has 0 aliphatic heterocycles. The van der Waals surface area contributed by atoms with E-state index in [0.717, 1.165) is 0 Å². The molecule has 0 radical (unpaired) electrons. The maximum absolute atomic E-state index is 9.94. The Labute approximate surface area is 81.5 Å². The molecule has 0 aliphatic rings. The van der Waals surface area contributed by atoms with Crippen LogP contribution < -0.4 is 22.5 Å². The highest BCUT2D eigenvalue weighted by Gasteiger charge is 2.10. The summed E-state index contributed by atoms with van der Waals surface area (Å²) in [5.74, 6) is -1.38. The zero-order valence-corrected chi connectivity index (χ0v) is 7.85. The molecule has 7 N–H and O–H groups in total. The van der Waals surface area contributed by atoms with Gasteiger partial charge in [0.25, 0.3) is 0 Å². The van der Waals surface area contributed by atoms with Crippen LogP contribution in [0.1, 0.15) is 19.3 Å². The van der Waals surface area contributed by atoms with Gasteiger partial charge in [0.2, 0.25) is 6.17 Å². The summed E-state index contributed by atoms with van der Waals surface area (Å²) in [6.07, 6.45) is 0.662. The highest BCUT2D eigenvalue weighted by Crippen LogP contribution is 2.04. The van der Waals surface area contributed by atoms with Gasteiger partial charge in [-0.1, -0.05) is 0 Å². The Morgan fingerprint density at radius 3 is 2.14 bits per heavy atom. The molecule has 0 aromatic rings. The van der Waals surface area contributed by atoms with Crippen LogP contribution in [0.25, 0.3) is 0 Å². The lowest BCUT2D eigenvalue weighted by Gasteiger charge is -2.19. The first-order chi connectivity index (χ1) is 6.49. The van der Waals surface area contributed by atoms with Crippen LogP contribution in [-0.4, -0.2) is 18.6 Å². The first-order valence-electron chi connectivity index (χ1n) is 4.26. The average molecular weight is 204 g/mol. The van der Waals surface area contributed by atoms with Crippen LogP contribution in [0.15, 0.2) is 10.4 Å². The fourth-order valence-corrected chi connectivity index (χ4v) is 0.881. The van der Waals surface area contributed by atoms with Crippen molar-refractivity contribution in [3.8, 4) is 0 Å². The molecular formula is C6H16N6O2. The molecule has 0 fully saturated rings. The van der Waals surface area contributed by atoms with E-state index in [9.17, 15) is 9.81 Å². The van der Waals surface area contributed by atoms with Crippen LogP contribution in [0.3, 0.4) is 0 Å². The van der Waals surface area contributed by atoms with E-state index in [2.05, 4.69) is 15.7 Å². The molecule has 0 rings (SSSR count). The minimum Gasteiger partial charge on any atom is -0.288 e. The summed E-state index contributed by atoms with van der Waals surface area (Å²) >= 11 is 0. The third kappa shape index (κ3) is 7.68. The number of nitroso groups, excluding NO2 is 2. The first kappa shape index (κ1) is 13.0. The first-order valence-corrected chi connectivity index (χ1v) is 4.26. The van der Waals surface area contributed by atoms with Gasteiger partial charge in [0.1, 0.15) is 0 Å². The Kier molecular flexibility index (Phi) is 6.04. The average Bonchev–Trinajstić information content (AvgIpc) is 2.09. The lowest BCUT2D eigenvalue weighted by Crippen LogP contribution is -2.68. The van der Waals surface area contributed by atoms with Gasteiger partial charge < -0.3 is 0 Å². The molecule has 0 spiro atoms. The summed E-state index contributed by atoms with van der Waals surface area (Å²) in [6.45, 7) is 0.508. The lowest BCUT2D eigenvalue weighted by molar-refractivity contribution is 0.354. The summed E-state index contributed by atoms with van der Waals surface area (Å²) < 4.78 is 0. The number of nitrogens with zero attached hydrogens (tertiary/aromatic N) is 2. The Morgan fingerprint density at radius 2 is 1.71 bits per heavy atom. The Bertz CT molecular complexity index is 172. The highest BCUT2D eigenvalue weighted by molar-refractivity contribution is 4.65. The Balaban J connectivity index is 3.38. The quantitative estimate of drug-likeness (QED) is 0.228. The maximum atomic E-state index is 9.94. The predicted molar refractivity (Wildman–Crippen MR) is 52.5 cm³/mol. The SMILES string of the molecule is NC(N)(N)NCCCCC(N=O)N=O. The number of nitrogens with one attached hydrogen (secondary N) is 1. The Hall–Kier alpha value is -0.960. The fourth-order valence-electron chi connectivity index (χ4n) is 0.881. The van der Waals surface area contributed by atoms with Crippen LogP contribution in [0.2, 0.25) is 0 Å². The maximum Gasteiger partial charge on any atom is 0.222 e. The van der Waals surface area contributed by atoms with Crippen molar-refractivity contribution in [3.05, 3.63) is 9.81 Å². The molecule has 0 saturated heterocycles. The molecule has 0 amide bonds. The normalized spacial score (nSPS) is 11.7. The second-order valence-electron chi connectivity index (χ2n) is 3.05. The molecule has 0 unspecified atom stereocenters. The molecule has 0 aromatic heterocycles. The van der Waals surface area contributed by atoms with E-state index in [1.165, 1.54) is 0 Å². The van der Waals surface area contributed by atoms with Gasteiger partial charge in [-0.05, 0) is 36.2 Å². The molecule has 82 valence electrons. The van der Waals surface area contributed by atoms with Crippen LogP contribution in [-0.2, 0) is 0 Å². The number of unbranched alkanes of at least 4 members (excludes halogenated alkanes) is 1. The van der Waals surface area contributed by atoms with Crippen molar-refractivity contribution < 1.29 is 0 Å². The van der Waals surface area contributed by atoms with Crippen molar-refractivity contribution in [3.63, 3.8) is 0 Å². The summed E-state index contributed by atoms with van der Waals surface area (Å²) in [5.41, 5.74) is 15.7. The summed E-state index contributed by atoms with van der Waals surface area (Å²) in [7, 11) is 0. The van der Waals surface area contributed by atoms with Crippen LogP contribution in [0.5, 0.6) is 0 Å². The zero-order chi connectivity index (χ0) is 11.0. The zero-order valence-electron chi connectivity index (χ0n) is 7.85. The number of rotatable bonds is 8. The van der Waals surface area contributed by atoms with Crippen LogP contribution in [0.4, 0.5) is 0 Å². The van der Waals surface area contributed by atoms with Gasteiger partial charge in [-0.2, -0.15) is 0 Å². The number of hydrogen-bond acceptors (Lipinski definition) is 8. The van der Waals surface area contributed by atoms with Crippen molar-refractivity contribution in [2.24, 2.45) is 27.6 Å². The number of hydrogen-bond donors (Lipinski definition) is 4. The van der Waals surface area contributed by atoms with Gasteiger partial charge in [0.05, 0.1) is 0 Å². The van der Waals surface area contributed by atoms with Gasteiger partial charge in [0.15, 0.2) is 5.91 Å². The summed E-state index contributed by atoms with van der Waals surface area (Å²) in [5, 5.41) is 7.71. The highest BCUT2D eigenvalue weighted by atomic mass is 16.3. The predicted octanol–water partition coefficient (Wildman–Crippen LogP) is -0.907. The smallest absolute Gasteiger partial charge is 0.222 e. The molecule has 0 saturated carbocycles. The largest absolute Gasteiger partial charge is 0.288 e. The minimum absolute atomic E-state index is 0.335. The van der Waals surface area contributed by atoms with Gasteiger partial charge in [-0.25, -0.2) is 0 Å². The van der Waals surface area contributed by atoms with E-state index in [1.54, 1.807) is 0 Å². The molecule has 14 heavy (non-hydrogen) atoms. The molecular weight excluding hydrogens is 188 g/mol. The molecule has 0 bridgehead atoms. The van der Waals surface area contributed by atoms with Crippen LogP contribution >= 0.6 is 0 Å². The van der Waals surface area contributed by atoms with Crippen molar-refractivity contribution in [1.29, 1.82) is 0 Å². The lowest BCUT2D eigenvalue weighted by atomic mass is 10.2. The van der Waals surface area contributed by atoms with Crippen molar-refractivity contribution in [2.75, 3.05) is 6.54 Å². The standard InChI is InChI=1S/C6H16N6O2/c7-6(8,9)10-4-2-1-3-5(11-13)12-14/h5,10H,1-4,7-9H2. The van der Waals surface area contributed by atoms with E-state index in [0.29, 0.717) is 25.8 Å². The van der Waals surface area contributed by atoms with E-state index in [1.807, 2.05) is 0 Å². The van der Waals surface area contributed by atoms with E-state index in [-0.39, 0.29) is 0 Å². The molecule has 8 heteroatoms. The van der Waals surface area contributed by atoms with Gasteiger partial charge >= 0.3 is 0 Å². The Morgan fingerprint density at radius 1 is 1.14 bits per heavy atom. The molecule has 0 aromatic carbocycles. The second kappa shape index (κ2) is 6.49. The third-order valence-electron chi connectivity index (χ3n) is 1.56. The minimum atomic E-state index is -1.38. The van der Waals surface area contributed by atoms with Crippen molar-refractivity contribution in [2.45, 2.75) is 31.3 Å². The molecule has 8 nitrogen and oxygen atoms in total. The summed E-state index contributed by atoms with van der Waals surface area (Å²) in [4.78, 5) is 19.9.